The Labute approximate surface area is 76.8 Å². The van der Waals surface area contributed by atoms with E-state index in [0.29, 0.717) is 5.82 Å². The molecule has 1 rings (SSSR count). The van der Waals surface area contributed by atoms with Crippen LogP contribution in [-0.2, 0) is 6.54 Å². The Morgan fingerprint density at radius 3 is 2.73 bits per heavy atom. The summed E-state index contributed by atoms with van der Waals surface area (Å²) in [6, 6.07) is 0. The molecule has 0 aliphatic rings. The van der Waals surface area contributed by atoms with Gasteiger partial charge in [-0.25, -0.2) is 13.8 Å². The average molecular weight is 272 g/mol. The molecule has 0 radical (unpaired) electrons. The predicted molar refractivity (Wildman–Crippen MR) is 45.7 cm³/mol. The van der Waals surface area contributed by atoms with E-state index in [2.05, 4.69) is 4.98 Å². The van der Waals surface area contributed by atoms with E-state index in [1.807, 2.05) is 22.6 Å². The van der Waals surface area contributed by atoms with Crippen LogP contribution < -0.4 is 0 Å². The monoisotopic (exact) mass is 272 g/mol. The number of hydrogen-bond acceptors (Lipinski definition) is 1. The van der Waals surface area contributed by atoms with E-state index in [0.717, 1.165) is 3.70 Å². The molecule has 0 saturated carbocycles. The van der Waals surface area contributed by atoms with Gasteiger partial charge in [0.15, 0.2) is 0 Å². The van der Waals surface area contributed by atoms with Gasteiger partial charge >= 0.3 is 0 Å². The molecule has 1 aromatic heterocycles. The summed E-state index contributed by atoms with van der Waals surface area (Å²) in [5.74, 6) is 0.634. The Morgan fingerprint density at radius 1 is 1.73 bits per heavy atom. The Morgan fingerprint density at radius 2 is 2.36 bits per heavy atom. The lowest BCUT2D eigenvalue weighted by Crippen LogP contribution is -2.06. The van der Waals surface area contributed by atoms with Crippen LogP contribution in [0.25, 0.3) is 0 Å². The molecule has 11 heavy (non-hydrogen) atoms. The van der Waals surface area contributed by atoms with Crippen LogP contribution in [0.2, 0.25) is 0 Å². The number of imidazole rings is 1. The highest BCUT2D eigenvalue weighted by molar-refractivity contribution is 14.1. The maximum absolute atomic E-state index is 11.9. The lowest BCUT2D eigenvalue weighted by atomic mass is 10.6. The fraction of sp³-hybridized carbons (Fsp3) is 0.500. The van der Waals surface area contributed by atoms with Gasteiger partial charge in [-0.05, 0) is 29.5 Å². The van der Waals surface area contributed by atoms with Crippen molar-refractivity contribution in [2.75, 3.05) is 0 Å². The number of rotatable bonds is 2. The summed E-state index contributed by atoms with van der Waals surface area (Å²) in [5, 5.41) is 0. The smallest absolute Gasteiger partial charge is 0.256 e. The quantitative estimate of drug-likeness (QED) is 0.753. The fourth-order valence-corrected chi connectivity index (χ4v) is 1.49. The van der Waals surface area contributed by atoms with Crippen molar-refractivity contribution in [2.45, 2.75) is 19.9 Å². The minimum Gasteiger partial charge on any atom is -0.328 e. The molecule has 0 bridgehead atoms. The van der Waals surface area contributed by atoms with Gasteiger partial charge in [0, 0.05) is 6.20 Å². The standard InChI is InChI=1S/C6H7F2IN2/c1-4-10-6(9)3-11(4)2-5(7)8/h3,5H,2H2,1H3. The van der Waals surface area contributed by atoms with Gasteiger partial charge in [-0.3, -0.25) is 0 Å². The minimum atomic E-state index is -2.31. The molecule has 0 spiro atoms. The van der Waals surface area contributed by atoms with E-state index in [4.69, 9.17) is 0 Å². The molecule has 2 nitrogen and oxygen atoms in total. The maximum Gasteiger partial charge on any atom is 0.256 e. The highest BCUT2D eigenvalue weighted by atomic mass is 127. The Balaban J connectivity index is 2.77. The number of alkyl halides is 2. The normalized spacial score (nSPS) is 11.0. The van der Waals surface area contributed by atoms with Crippen molar-refractivity contribution in [1.29, 1.82) is 0 Å². The SMILES string of the molecule is Cc1nc(I)cn1CC(F)F. The van der Waals surface area contributed by atoms with Crippen molar-refractivity contribution in [3.05, 3.63) is 15.7 Å². The van der Waals surface area contributed by atoms with Crippen molar-refractivity contribution in [3.63, 3.8) is 0 Å². The lowest BCUT2D eigenvalue weighted by molar-refractivity contribution is 0.125. The second kappa shape index (κ2) is 3.46. The average Bonchev–Trinajstić information content (AvgIpc) is 2.09. The number of hydrogen-bond donors (Lipinski definition) is 0. The summed E-state index contributed by atoms with van der Waals surface area (Å²) < 4.78 is 25.9. The van der Waals surface area contributed by atoms with Gasteiger partial charge < -0.3 is 4.57 Å². The zero-order chi connectivity index (χ0) is 8.43. The summed E-state index contributed by atoms with van der Waals surface area (Å²) in [6.07, 6.45) is -0.694. The van der Waals surface area contributed by atoms with Crippen molar-refractivity contribution in [1.82, 2.24) is 9.55 Å². The van der Waals surface area contributed by atoms with Crippen LogP contribution in [0.1, 0.15) is 5.82 Å². The first-order valence-corrected chi connectivity index (χ1v) is 4.15. The van der Waals surface area contributed by atoms with Gasteiger partial charge in [0.25, 0.3) is 6.43 Å². The minimum absolute atomic E-state index is 0.262. The molecule has 62 valence electrons. The summed E-state index contributed by atoms with van der Waals surface area (Å²) in [4.78, 5) is 3.98. The van der Waals surface area contributed by atoms with E-state index < -0.39 is 6.43 Å². The van der Waals surface area contributed by atoms with E-state index in [1.165, 1.54) is 4.57 Å². The van der Waals surface area contributed by atoms with Gasteiger partial charge in [-0.1, -0.05) is 0 Å². The second-order valence-electron chi connectivity index (χ2n) is 2.15. The zero-order valence-electron chi connectivity index (χ0n) is 5.89. The Hall–Kier alpha value is -0.200. The molecule has 0 unspecified atom stereocenters. The molecular weight excluding hydrogens is 265 g/mol. The highest BCUT2D eigenvalue weighted by Gasteiger charge is 2.07. The van der Waals surface area contributed by atoms with Crippen molar-refractivity contribution in [3.8, 4) is 0 Å². The zero-order valence-corrected chi connectivity index (χ0v) is 8.05. The van der Waals surface area contributed by atoms with Crippen LogP contribution in [0.3, 0.4) is 0 Å². The molecule has 5 heteroatoms. The molecule has 0 aliphatic carbocycles. The van der Waals surface area contributed by atoms with Crippen LogP contribution in [0, 0.1) is 10.6 Å². The maximum atomic E-state index is 11.9. The Bertz CT molecular complexity index is 247. The van der Waals surface area contributed by atoms with Crippen LogP contribution in [-0.4, -0.2) is 16.0 Å². The molecular formula is C6H7F2IN2. The number of aromatic nitrogens is 2. The van der Waals surface area contributed by atoms with E-state index in [9.17, 15) is 8.78 Å². The largest absolute Gasteiger partial charge is 0.328 e. The molecule has 0 aliphatic heterocycles. The molecule has 0 atom stereocenters. The summed E-state index contributed by atoms with van der Waals surface area (Å²) in [6.45, 7) is 1.45. The molecule has 1 heterocycles. The molecule has 0 amide bonds. The van der Waals surface area contributed by atoms with Gasteiger partial charge in [-0.2, -0.15) is 0 Å². The Kier molecular flexibility index (Phi) is 2.80. The van der Waals surface area contributed by atoms with E-state index in [-0.39, 0.29) is 6.54 Å². The summed E-state index contributed by atoms with van der Waals surface area (Å²) in [7, 11) is 0. The lowest BCUT2D eigenvalue weighted by Gasteiger charge is -2.01. The second-order valence-corrected chi connectivity index (χ2v) is 3.26. The van der Waals surface area contributed by atoms with Crippen LogP contribution >= 0.6 is 22.6 Å². The third-order valence-electron chi connectivity index (χ3n) is 1.28. The van der Waals surface area contributed by atoms with Crippen molar-refractivity contribution >= 4 is 22.6 Å². The van der Waals surface area contributed by atoms with Gasteiger partial charge in [0.1, 0.15) is 9.53 Å². The predicted octanol–water partition coefficient (Wildman–Crippen LogP) is 2.06. The van der Waals surface area contributed by atoms with Gasteiger partial charge in [0.2, 0.25) is 0 Å². The summed E-state index contributed by atoms with van der Waals surface area (Å²) in [5.41, 5.74) is 0. The first-order chi connectivity index (χ1) is 5.09. The highest BCUT2D eigenvalue weighted by Crippen LogP contribution is 2.07. The first-order valence-electron chi connectivity index (χ1n) is 3.07. The number of halogens is 3. The summed E-state index contributed by atoms with van der Waals surface area (Å²) >= 11 is 2.00. The van der Waals surface area contributed by atoms with Crippen molar-refractivity contribution in [2.24, 2.45) is 0 Å². The molecule has 0 N–H and O–H groups in total. The third kappa shape index (κ3) is 2.39. The topological polar surface area (TPSA) is 17.8 Å². The number of aryl methyl sites for hydroxylation is 1. The van der Waals surface area contributed by atoms with E-state index in [1.54, 1.807) is 13.1 Å². The molecule has 0 fully saturated rings. The number of nitrogens with zero attached hydrogens (tertiary/aromatic N) is 2. The van der Waals surface area contributed by atoms with Crippen LogP contribution in [0.15, 0.2) is 6.20 Å². The van der Waals surface area contributed by atoms with Gasteiger partial charge in [0.05, 0.1) is 6.54 Å². The molecule has 0 saturated heterocycles. The first kappa shape index (κ1) is 8.89. The van der Waals surface area contributed by atoms with Crippen LogP contribution in [0.4, 0.5) is 8.78 Å². The van der Waals surface area contributed by atoms with E-state index >= 15 is 0 Å². The molecule has 0 aromatic carbocycles. The van der Waals surface area contributed by atoms with Crippen molar-refractivity contribution < 1.29 is 8.78 Å². The third-order valence-corrected chi connectivity index (χ3v) is 1.80. The van der Waals surface area contributed by atoms with Crippen LogP contribution in [0.5, 0.6) is 0 Å². The molecule has 1 aromatic rings. The van der Waals surface area contributed by atoms with Gasteiger partial charge in [-0.15, -0.1) is 0 Å². The fourth-order valence-electron chi connectivity index (χ4n) is 0.803.